The van der Waals surface area contributed by atoms with E-state index in [2.05, 4.69) is 5.32 Å². The molecule has 7 nitrogen and oxygen atoms in total. The number of para-hydroxylation sites is 1. The number of hydrogen-bond donors (Lipinski definition) is 1. The summed E-state index contributed by atoms with van der Waals surface area (Å²) in [4.78, 5) is 25.9. The van der Waals surface area contributed by atoms with Crippen LogP contribution in [0.3, 0.4) is 0 Å². The third-order valence-electron chi connectivity index (χ3n) is 5.06. The molecule has 0 radical (unpaired) electrons. The molecule has 0 aliphatic carbocycles. The van der Waals surface area contributed by atoms with E-state index in [9.17, 15) is 18.0 Å². The van der Waals surface area contributed by atoms with Crippen molar-refractivity contribution in [3.05, 3.63) is 59.2 Å². The topological polar surface area (TPSA) is 86.8 Å². The van der Waals surface area contributed by atoms with Crippen molar-refractivity contribution in [3.63, 3.8) is 0 Å². The number of carbonyl (C=O) groups is 2. The average molecular weight is 416 g/mol. The van der Waals surface area contributed by atoms with E-state index >= 15 is 0 Å². The fourth-order valence-corrected chi connectivity index (χ4v) is 4.85. The molecule has 2 aromatic rings. The number of nitrogens with one attached hydrogen (secondary N) is 1. The van der Waals surface area contributed by atoms with Gasteiger partial charge in [-0.3, -0.25) is 13.9 Å². The maximum Gasteiger partial charge on any atom is 0.255 e. The van der Waals surface area contributed by atoms with Crippen molar-refractivity contribution in [2.45, 2.75) is 32.9 Å². The molecular weight excluding hydrogens is 390 g/mol. The van der Waals surface area contributed by atoms with Crippen LogP contribution in [0, 0.1) is 0 Å². The smallest absolute Gasteiger partial charge is 0.255 e. The molecule has 1 heterocycles. The average Bonchev–Trinajstić information content (AvgIpc) is 2.98. The van der Waals surface area contributed by atoms with Crippen LogP contribution in [0.1, 0.15) is 35.3 Å². The van der Waals surface area contributed by atoms with Gasteiger partial charge in [-0.2, -0.15) is 0 Å². The van der Waals surface area contributed by atoms with Crippen LogP contribution in [0.4, 0.5) is 11.4 Å². The van der Waals surface area contributed by atoms with E-state index in [1.54, 1.807) is 36.2 Å². The molecule has 1 aliphatic heterocycles. The molecule has 3 rings (SSSR count). The van der Waals surface area contributed by atoms with Crippen molar-refractivity contribution in [2.24, 2.45) is 0 Å². The second-order valence-corrected chi connectivity index (χ2v) is 9.30. The highest BCUT2D eigenvalue weighted by Crippen LogP contribution is 2.34. The van der Waals surface area contributed by atoms with E-state index in [1.807, 2.05) is 25.1 Å². The van der Waals surface area contributed by atoms with E-state index < -0.39 is 10.0 Å². The Labute approximate surface area is 171 Å². The highest BCUT2D eigenvalue weighted by Gasteiger charge is 2.32. The van der Waals surface area contributed by atoms with Gasteiger partial charge in [-0.05, 0) is 48.7 Å². The maximum atomic E-state index is 12.8. The molecule has 8 heteroatoms. The molecule has 0 aromatic heterocycles. The van der Waals surface area contributed by atoms with Crippen molar-refractivity contribution in [3.8, 4) is 0 Å². The Morgan fingerprint density at radius 2 is 1.90 bits per heavy atom. The van der Waals surface area contributed by atoms with Gasteiger partial charge in [-0.1, -0.05) is 18.2 Å². The lowest BCUT2D eigenvalue weighted by atomic mass is 10.1. The van der Waals surface area contributed by atoms with Crippen LogP contribution in [-0.2, 0) is 27.8 Å². The van der Waals surface area contributed by atoms with Gasteiger partial charge >= 0.3 is 0 Å². The Morgan fingerprint density at radius 3 is 2.55 bits per heavy atom. The third kappa shape index (κ3) is 4.42. The van der Waals surface area contributed by atoms with Crippen molar-refractivity contribution >= 4 is 33.2 Å². The number of amides is 2. The summed E-state index contributed by atoms with van der Waals surface area (Å²) < 4.78 is 25.5. The largest absolute Gasteiger partial charge is 0.342 e. The first kappa shape index (κ1) is 20.9. The third-order valence-corrected chi connectivity index (χ3v) is 6.33. The molecule has 29 heavy (non-hydrogen) atoms. The molecule has 154 valence electrons. The SMILES string of the molecule is CC(=O)N(C)Cc1ccccc1NC(=O)c1ccc2c(c1)CC(C)N2S(C)(=O)=O. The standard InChI is InChI=1S/C21H25N3O4S/c1-14-11-18-12-16(9-10-20(18)24(14)29(4,27)28)21(26)22-19-8-6-5-7-17(19)13-23(3)15(2)25/h5-10,12,14H,11,13H2,1-4H3,(H,22,26). The maximum absolute atomic E-state index is 12.8. The van der Waals surface area contributed by atoms with E-state index in [0.717, 1.165) is 11.1 Å². The number of benzene rings is 2. The molecule has 0 spiro atoms. The number of fused-ring (bicyclic) bond motifs is 1. The summed E-state index contributed by atoms with van der Waals surface area (Å²) in [6.45, 7) is 3.73. The van der Waals surface area contributed by atoms with Crippen molar-refractivity contribution < 1.29 is 18.0 Å². The summed E-state index contributed by atoms with van der Waals surface area (Å²) in [6.07, 6.45) is 1.75. The predicted octanol–water partition coefficient (Wildman–Crippen LogP) is 2.63. The molecule has 1 N–H and O–H groups in total. The quantitative estimate of drug-likeness (QED) is 0.813. The molecule has 2 amide bonds. The van der Waals surface area contributed by atoms with E-state index in [1.165, 1.54) is 17.5 Å². The first-order valence-corrected chi connectivity index (χ1v) is 11.2. The minimum absolute atomic E-state index is 0.0608. The number of anilines is 2. The van der Waals surface area contributed by atoms with E-state index in [0.29, 0.717) is 29.9 Å². The van der Waals surface area contributed by atoms with Gasteiger partial charge in [-0.25, -0.2) is 8.42 Å². The highest BCUT2D eigenvalue weighted by molar-refractivity contribution is 7.92. The van der Waals surface area contributed by atoms with Gasteiger partial charge in [0.15, 0.2) is 0 Å². The molecule has 2 aromatic carbocycles. The zero-order valence-corrected chi connectivity index (χ0v) is 17.8. The Kier molecular flexibility index (Phi) is 5.66. The Hall–Kier alpha value is -2.87. The van der Waals surface area contributed by atoms with Crippen LogP contribution >= 0.6 is 0 Å². The lowest BCUT2D eigenvalue weighted by Crippen LogP contribution is -2.34. The summed E-state index contributed by atoms with van der Waals surface area (Å²) in [5.41, 5.74) is 3.38. The number of carbonyl (C=O) groups excluding carboxylic acids is 2. The van der Waals surface area contributed by atoms with Gasteiger partial charge in [0.25, 0.3) is 5.91 Å². The van der Waals surface area contributed by atoms with Crippen LogP contribution < -0.4 is 9.62 Å². The lowest BCUT2D eigenvalue weighted by Gasteiger charge is -2.22. The first-order chi connectivity index (χ1) is 13.6. The number of hydrogen-bond acceptors (Lipinski definition) is 4. The lowest BCUT2D eigenvalue weighted by molar-refractivity contribution is -0.128. The Morgan fingerprint density at radius 1 is 1.21 bits per heavy atom. The Bertz CT molecular complexity index is 1070. The van der Waals surface area contributed by atoms with Crippen LogP contribution in [0.5, 0.6) is 0 Å². The Balaban J connectivity index is 1.84. The summed E-state index contributed by atoms with van der Waals surface area (Å²) in [5, 5.41) is 2.91. The fraction of sp³-hybridized carbons (Fsp3) is 0.333. The molecule has 0 saturated heterocycles. The molecular formula is C21H25N3O4S. The molecule has 0 saturated carbocycles. The van der Waals surface area contributed by atoms with Gasteiger partial charge in [0, 0.05) is 37.8 Å². The van der Waals surface area contributed by atoms with Crippen molar-refractivity contribution in [1.82, 2.24) is 4.90 Å². The summed E-state index contributed by atoms with van der Waals surface area (Å²) in [7, 11) is -1.67. The molecule has 1 aliphatic rings. The first-order valence-electron chi connectivity index (χ1n) is 9.31. The predicted molar refractivity (Wildman–Crippen MR) is 113 cm³/mol. The summed E-state index contributed by atoms with van der Waals surface area (Å²) in [5.74, 6) is -0.342. The van der Waals surface area contributed by atoms with Gasteiger partial charge in [0.05, 0.1) is 11.9 Å². The number of nitrogens with zero attached hydrogens (tertiary/aromatic N) is 2. The van der Waals surface area contributed by atoms with Gasteiger partial charge in [-0.15, -0.1) is 0 Å². The normalized spacial score (nSPS) is 15.7. The van der Waals surface area contributed by atoms with Gasteiger partial charge < -0.3 is 10.2 Å². The number of sulfonamides is 1. The minimum Gasteiger partial charge on any atom is -0.342 e. The molecule has 0 bridgehead atoms. The molecule has 0 fully saturated rings. The van der Waals surface area contributed by atoms with E-state index in [-0.39, 0.29) is 17.9 Å². The second-order valence-electron chi connectivity index (χ2n) is 7.44. The minimum atomic E-state index is -3.37. The van der Waals surface area contributed by atoms with Crippen LogP contribution in [-0.4, -0.2) is 44.5 Å². The van der Waals surface area contributed by atoms with E-state index in [4.69, 9.17) is 0 Å². The highest BCUT2D eigenvalue weighted by atomic mass is 32.2. The zero-order chi connectivity index (χ0) is 21.3. The van der Waals surface area contributed by atoms with Gasteiger partial charge in [0.2, 0.25) is 15.9 Å². The van der Waals surface area contributed by atoms with Gasteiger partial charge in [0.1, 0.15) is 0 Å². The number of rotatable bonds is 5. The van der Waals surface area contributed by atoms with Crippen molar-refractivity contribution in [2.75, 3.05) is 22.9 Å². The van der Waals surface area contributed by atoms with Crippen LogP contribution in [0.15, 0.2) is 42.5 Å². The summed E-state index contributed by atoms with van der Waals surface area (Å²) in [6, 6.07) is 12.2. The van der Waals surface area contributed by atoms with Crippen molar-refractivity contribution in [1.29, 1.82) is 0 Å². The summed E-state index contributed by atoms with van der Waals surface area (Å²) >= 11 is 0. The molecule has 1 unspecified atom stereocenters. The monoisotopic (exact) mass is 415 g/mol. The van der Waals surface area contributed by atoms with Crippen LogP contribution in [0.2, 0.25) is 0 Å². The zero-order valence-electron chi connectivity index (χ0n) is 17.0. The second kappa shape index (κ2) is 7.87. The fourth-order valence-electron chi connectivity index (χ4n) is 3.59. The molecule has 1 atom stereocenters. The van der Waals surface area contributed by atoms with Crippen LogP contribution in [0.25, 0.3) is 0 Å².